The van der Waals surface area contributed by atoms with Crippen molar-refractivity contribution >= 4 is 0 Å². The highest BCUT2D eigenvalue weighted by molar-refractivity contribution is 5.52. The van der Waals surface area contributed by atoms with Crippen LogP contribution in [0.5, 0.6) is 0 Å². The second kappa shape index (κ2) is 23.4. The van der Waals surface area contributed by atoms with Crippen molar-refractivity contribution in [3.63, 3.8) is 0 Å². The summed E-state index contributed by atoms with van der Waals surface area (Å²) in [6, 6.07) is 11.6. The first-order chi connectivity index (χ1) is 10.4. The Morgan fingerprint density at radius 1 is 0.619 bits per heavy atom. The zero-order valence-electron chi connectivity index (χ0n) is 15.2. The van der Waals surface area contributed by atoms with Crippen LogP contribution in [0.2, 0.25) is 0 Å². The quantitative estimate of drug-likeness (QED) is 0.588. The van der Waals surface area contributed by atoms with Gasteiger partial charge in [0.2, 0.25) is 0 Å². The Balaban J connectivity index is -0.000000308. The minimum atomic E-state index is 0.915. The molecule has 0 radical (unpaired) electrons. The van der Waals surface area contributed by atoms with E-state index in [9.17, 15) is 0 Å². The molecular formula is C19H34N2. The fourth-order valence-corrected chi connectivity index (χ4v) is 1.03. The van der Waals surface area contributed by atoms with Gasteiger partial charge in [-0.15, -0.1) is 0 Å². The van der Waals surface area contributed by atoms with Gasteiger partial charge in [-0.1, -0.05) is 73.9 Å². The molecule has 2 rings (SSSR count). The van der Waals surface area contributed by atoms with Crippen LogP contribution in [-0.2, 0) is 0 Å². The molecule has 0 unspecified atom stereocenters. The van der Waals surface area contributed by atoms with Crippen LogP contribution in [0.1, 0.15) is 61.8 Å². The van der Waals surface area contributed by atoms with Crippen molar-refractivity contribution in [2.45, 2.75) is 61.8 Å². The van der Waals surface area contributed by atoms with Gasteiger partial charge in [-0.05, 0) is 24.3 Å². The van der Waals surface area contributed by atoms with Crippen LogP contribution in [0.4, 0.5) is 0 Å². The van der Waals surface area contributed by atoms with E-state index >= 15 is 0 Å². The van der Waals surface area contributed by atoms with Crippen molar-refractivity contribution in [2.24, 2.45) is 0 Å². The maximum atomic E-state index is 4.19. The Kier molecular flexibility index (Phi) is 27.1. The second-order valence-electron chi connectivity index (χ2n) is 3.14. The van der Waals surface area contributed by atoms with Gasteiger partial charge in [-0.25, -0.2) is 0 Å². The third-order valence-electron chi connectivity index (χ3n) is 1.59. The number of pyridine rings is 2. The first-order valence-electron chi connectivity index (χ1n) is 8.21. The van der Waals surface area contributed by atoms with E-state index in [4.69, 9.17) is 0 Å². The van der Waals surface area contributed by atoms with Gasteiger partial charge in [0, 0.05) is 12.4 Å². The summed E-state index contributed by atoms with van der Waals surface area (Å²) in [5.41, 5.74) is 1.83. The van der Waals surface area contributed by atoms with Crippen molar-refractivity contribution in [1.82, 2.24) is 9.97 Å². The van der Waals surface area contributed by atoms with Gasteiger partial charge in [0.25, 0.3) is 0 Å². The van der Waals surface area contributed by atoms with Gasteiger partial charge in [-0.3, -0.25) is 9.97 Å². The smallest absolute Gasteiger partial charge is 0.0886 e. The Morgan fingerprint density at radius 2 is 0.905 bits per heavy atom. The Morgan fingerprint density at radius 3 is 1.10 bits per heavy atom. The topological polar surface area (TPSA) is 25.8 Å². The first kappa shape index (κ1) is 24.3. The number of nitrogens with zero attached hydrogens (tertiary/aromatic N) is 2. The molecule has 2 aromatic rings. The number of hydrogen-bond donors (Lipinski definition) is 0. The molecule has 0 spiro atoms. The van der Waals surface area contributed by atoms with E-state index < -0.39 is 0 Å². The molecule has 0 aliphatic rings. The van der Waals surface area contributed by atoms with Crippen LogP contribution in [0.15, 0.2) is 48.8 Å². The lowest BCUT2D eigenvalue weighted by Crippen LogP contribution is -1.83. The lowest BCUT2D eigenvalue weighted by atomic mass is 10.2. The molecule has 2 heteroatoms. The van der Waals surface area contributed by atoms with Crippen molar-refractivity contribution < 1.29 is 0 Å². The van der Waals surface area contributed by atoms with E-state index in [1.807, 2.05) is 77.9 Å². The molecule has 0 amide bonds. The summed E-state index contributed by atoms with van der Waals surface area (Å²) >= 11 is 0. The summed E-state index contributed by atoms with van der Waals surface area (Å²) in [5, 5.41) is 0. The molecule has 21 heavy (non-hydrogen) atoms. The molecule has 0 aromatic carbocycles. The predicted octanol–water partition coefficient (Wildman–Crippen LogP) is 6.64. The average molecular weight is 290 g/mol. The molecule has 0 atom stereocenters. The minimum Gasteiger partial charge on any atom is -0.255 e. The van der Waals surface area contributed by atoms with E-state index in [-0.39, 0.29) is 0 Å². The molecule has 2 nitrogen and oxygen atoms in total. The van der Waals surface area contributed by atoms with Gasteiger partial charge in [0.1, 0.15) is 0 Å². The molecule has 0 bridgehead atoms. The van der Waals surface area contributed by atoms with Gasteiger partial charge in [0.05, 0.1) is 11.4 Å². The monoisotopic (exact) mass is 290 g/mol. The highest BCUT2D eigenvalue weighted by Gasteiger charge is 1.95. The van der Waals surface area contributed by atoms with Crippen LogP contribution in [0.25, 0.3) is 11.4 Å². The molecule has 0 aliphatic carbocycles. The third kappa shape index (κ3) is 14.5. The van der Waals surface area contributed by atoms with E-state index in [0.717, 1.165) is 11.4 Å². The second-order valence-corrected chi connectivity index (χ2v) is 3.14. The fraction of sp³-hybridized carbons (Fsp3) is 0.474. The number of aromatic nitrogens is 2. The zero-order chi connectivity index (χ0) is 16.9. The molecule has 0 saturated carbocycles. The van der Waals surface area contributed by atoms with Crippen molar-refractivity contribution in [3.8, 4) is 11.4 Å². The molecule has 120 valence electrons. The molecule has 2 heterocycles. The van der Waals surface area contributed by atoms with E-state index in [0.29, 0.717) is 0 Å². The summed E-state index contributed by atoms with van der Waals surface area (Å²) in [5.74, 6) is 0. The Hall–Kier alpha value is -1.70. The van der Waals surface area contributed by atoms with Crippen LogP contribution in [0, 0.1) is 0 Å². The Labute approximate surface area is 132 Å². The van der Waals surface area contributed by atoms with Crippen molar-refractivity contribution in [1.29, 1.82) is 0 Å². The fourth-order valence-electron chi connectivity index (χ4n) is 1.03. The van der Waals surface area contributed by atoms with E-state index in [1.54, 1.807) is 12.4 Å². The first-order valence-corrected chi connectivity index (χ1v) is 8.21. The maximum absolute atomic E-state index is 4.19. The summed E-state index contributed by atoms with van der Waals surface area (Å²) in [6.07, 6.45) is 4.79. The van der Waals surface area contributed by atoms with Crippen LogP contribution in [-0.4, -0.2) is 9.97 Å². The standard InChI is InChI=1S/C10H8N2.C3H8.3C2H6/c1-3-7-11-9(5-1)10-6-2-4-8-12-10;1-3-2;3*1-2/h1-8H;3H2,1-2H3;3*1-2H3. The Bertz CT molecular complexity index is 320. The summed E-state index contributed by atoms with van der Waals surface area (Å²) in [7, 11) is 0. The highest BCUT2D eigenvalue weighted by Crippen LogP contribution is 2.10. The molecule has 0 fully saturated rings. The molecule has 2 aromatic heterocycles. The number of hydrogen-bond acceptors (Lipinski definition) is 2. The minimum absolute atomic E-state index is 0.915. The van der Waals surface area contributed by atoms with Crippen LogP contribution >= 0.6 is 0 Å². The van der Waals surface area contributed by atoms with Crippen LogP contribution < -0.4 is 0 Å². The summed E-state index contributed by atoms with van der Waals surface area (Å²) < 4.78 is 0. The van der Waals surface area contributed by atoms with Gasteiger partial charge in [0.15, 0.2) is 0 Å². The van der Waals surface area contributed by atoms with E-state index in [1.165, 1.54) is 6.42 Å². The SMILES string of the molecule is CC.CC.CC.CCC.c1ccc(-c2ccccn2)nc1. The summed E-state index contributed by atoms with van der Waals surface area (Å²) in [6.45, 7) is 16.2. The van der Waals surface area contributed by atoms with Gasteiger partial charge < -0.3 is 0 Å². The van der Waals surface area contributed by atoms with Gasteiger partial charge >= 0.3 is 0 Å². The largest absolute Gasteiger partial charge is 0.255 e. The van der Waals surface area contributed by atoms with Gasteiger partial charge in [-0.2, -0.15) is 0 Å². The van der Waals surface area contributed by atoms with Crippen molar-refractivity contribution in [3.05, 3.63) is 48.8 Å². The molecule has 0 saturated heterocycles. The van der Waals surface area contributed by atoms with E-state index in [2.05, 4.69) is 23.8 Å². The molecule has 0 aliphatic heterocycles. The zero-order valence-corrected chi connectivity index (χ0v) is 15.2. The molecule has 0 N–H and O–H groups in total. The lowest BCUT2D eigenvalue weighted by molar-refractivity contribution is 1.09. The number of rotatable bonds is 1. The van der Waals surface area contributed by atoms with Crippen molar-refractivity contribution in [2.75, 3.05) is 0 Å². The maximum Gasteiger partial charge on any atom is 0.0886 e. The third-order valence-corrected chi connectivity index (χ3v) is 1.59. The lowest BCUT2D eigenvalue weighted by Gasteiger charge is -1.96. The predicted molar refractivity (Wildman–Crippen MR) is 97.5 cm³/mol. The summed E-state index contributed by atoms with van der Waals surface area (Å²) in [4.78, 5) is 8.37. The highest BCUT2D eigenvalue weighted by atomic mass is 14.7. The average Bonchev–Trinajstić information content (AvgIpc) is 2.62. The molecular weight excluding hydrogens is 256 g/mol. The normalized spacial score (nSPS) is 7.24. The van der Waals surface area contributed by atoms with Crippen LogP contribution in [0.3, 0.4) is 0 Å².